The predicted molar refractivity (Wildman–Crippen MR) is 58.3 cm³/mol. The Balaban J connectivity index is 0.000000720. The van der Waals surface area contributed by atoms with Crippen molar-refractivity contribution in [2.45, 2.75) is 0 Å². The largest absolute Gasteiger partial charge is 0.368 e. The highest BCUT2D eigenvalue weighted by Crippen LogP contribution is 2.17. The van der Waals surface area contributed by atoms with E-state index in [0.717, 1.165) is 14.6 Å². The quantitative estimate of drug-likeness (QED) is 0.725. The Hall–Kier alpha value is -0.560. The number of fused-ring (bicyclic) bond motifs is 1. The van der Waals surface area contributed by atoms with Crippen LogP contribution in [0.2, 0.25) is 0 Å². The van der Waals surface area contributed by atoms with Crippen LogP contribution >= 0.6 is 35.0 Å². The summed E-state index contributed by atoms with van der Waals surface area (Å²) in [5, 5.41) is 1.01. The molecular formula is C6H6ClIN4. The van der Waals surface area contributed by atoms with Gasteiger partial charge in [0.2, 0.25) is 5.95 Å². The fourth-order valence-corrected chi connectivity index (χ4v) is 1.44. The molecule has 3 N–H and O–H groups in total. The van der Waals surface area contributed by atoms with Gasteiger partial charge in [0.15, 0.2) is 0 Å². The Morgan fingerprint density at radius 2 is 2.25 bits per heavy atom. The maximum Gasteiger partial charge on any atom is 0.221 e. The van der Waals surface area contributed by atoms with Gasteiger partial charge in [0.05, 0.1) is 5.39 Å². The Morgan fingerprint density at radius 1 is 1.50 bits per heavy atom. The number of nitrogens with two attached hydrogens (primary N) is 1. The van der Waals surface area contributed by atoms with Crippen LogP contribution in [0.1, 0.15) is 0 Å². The molecule has 64 valence electrons. The van der Waals surface area contributed by atoms with E-state index in [-0.39, 0.29) is 12.4 Å². The first-order valence-corrected chi connectivity index (χ1v) is 4.10. The maximum atomic E-state index is 5.39. The summed E-state index contributed by atoms with van der Waals surface area (Å²) in [7, 11) is 0. The average molecular weight is 296 g/mol. The summed E-state index contributed by atoms with van der Waals surface area (Å²) >= 11 is 2.21. The third-order valence-corrected chi connectivity index (χ3v) is 2.29. The molecule has 2 aromatic heterocycles. The molecule has 0 atom stereocenters. The number of aromatic amines is 1. The molecule has 0 aromatic carbocycles. The summed E-state index contributed by atoms with van der Waals surface area (Å²) in [6.45, 7) is 0. The second kappa shape index (κ2) is 3.44. The van der Waals surface area contributed by atoms with Crippen LogP contribution in [-0.4, -0.2) is 15.0 Å². The van der Waals surface area contributed by atoms with Gasteiger partial charge < -0.3 is 10.7 Å². The minimum absolute atomic E-state index is 0. The number of nitrogens with one attached hydrogen (secondary N) is 1. The molecule has 0 amide bonds. The second-order valence-corrected chi connectivity index (χ2v) is 3.29. The number of anilines is 1. The van der Waals surface area contributed by atoms with Crippen molar-refractivity contribution in [3.8, 4) is 0 Å². The normalized spacial score (nSPS) is 9.75. The Morgan fingerprint density at radius 3 is 3.00 bits per heavy atom. The van der Waals surface area contributed by atoms with Crippen LogP contribution in [0.15, 0.2) is 12.4 Å². The van der Waals surface area contributed by atoms with E-state index >= 15 is 0 Å². The maximum absolute atomic E-state index is 5.39. The van der Waals surface area contributed by atoms with Gasteiger partial charge in [-0.05, 0) is 22.6 Å². The summed E-state index contributed by atoms with van der Waals surface area (Å²) in [5.74, 6) is 0.302. The lowest BCUT2D eigenvalue weighted by atomic mass is 10.4. The number of halogens is 2. The number of hydrogen-bond acceptors (Lipinski definition) is 3. The van der Waals surface area contributed by atoms with Crippen LogP contribution in [0.3, 0.4) is 0 Å². The Bertz CT molecular complexity index is 399. The molecule has 0 aliphatic heterocycles. The van der Waals surface area contributed by atoms with E-state index in [4.69, 9.17) is 5.73 Å². The van der Waals surface area contributed by atoms with Gasteiger partial charge in [0.25, 0.3) is 0 Å². The van der Waals surface area contributed by atoms with Gasteiger partial charge in [0, 0.05) is 16.0 Å². The predicted octanol–water partition coefficient (Wildman–Crippen LogP) is 1.57. The van der Waals surface area contributed by atoms with Crippen molar-refractivity contribution in [1.82, 2.24) is 15.0 Å². The highest BCUT2D eigenvalue weighted by atomic mass is 127. The molecule has 0 radical (unpaired) electrons. The van der Waals surface area contributed by atoms with Gasteiger partial charge in [-0.15, -0.1) is 12.4 Å². The molecule has 0 spiro atoms. The number of nitrogen functional groups attached to an aromatic ring is 1. The van der Waals surface area contributed by atoms with Crippen LogP contribution in [0.25, 0.3) is 11.0 Å². The lowest BCUT2D eigenvalue weighted by Gasteiger charge is -1.90. The van der Waals surface area contributed by atoms with Crippen molar-refractivity contribution in [2.24, 2.45) is 0 Å². The first kappa shape index (κ1) is 9.53. The van der Waals surface area contributed by atoms with Gasteiger partial charge in [-0.3, -0.25) is 0 Å². The third kappa shape index (κ3) is 1.46. The molecule has 0 saturated heterocycles. The number of hydrogen-bond donors (Lipinski definition) is 2. The van der Waals surface area contributed by atoms with Crippen molar-refractivity contribution < 1.29 is 0 Å². The van der Waals surface area contributed by atoms with Crippen molar-refractivity contribution in [2.75, 3.05) is 5.73 Å². The van der Waals surface area contributed by atoms with Crippen LogP contribution in [0.5, 0.6) is 0 Å². The molecule has 0 bridgehead atoms. The molecule has 0 aliphatic rings. The first-order chi connectivity index (χ1) is 5.27. The number of rotatable bonds is 0. The number of aromatic nitrogens is 3. The van der Waals surface area contributed by atoms with Gasteiger partial charge >= 0.3 is 0 Å². The zero-order valence-corrected chi connectivity index (χ0v) is 8.89. The fourth-order valence-electron chi connectivity index (χ4n) is 0.890. The van der Waals surface area contributed by atoms with Gasteiger partial charge in [-0.1, -0.05) is 0 Å². The van der Waals surface area contributed by atoms with Crippen molar-refractivity contribution in [3.63, 3.8) is 0 Å². The molecule has 2 aromatic rings. The van der Waals surface area contributed by atoms with Crippen LogP contribution in [-0.2, 0) is 0 Å². The van der Waals surface area contributed by atoms with E-state index in [1.807, 2.05) is 6.20 Å². The lowest BCUT2D eigenvalue weighted by Crippen LogP contribution is -1.93. The van der Waals surface area contributed by atoms with E-state index in [2.05, 4.69) is 37.5 Å². The lowest BCUT2D eigenvalue weighted by molar-refractivity contribution is 1.22. The molecule has 2 heterocycles. The highest BCUT2D eigenvalue weighted by molar-refractivity contribution is 14.1. The smallest absolute Gasteiger partial charge is 0.221 e. The fraction of sp³-hybridized carbons (Fsp3) is 0. The molecule has 4 nitrogen and oxygen atoms in total. The SMILES string of the molecule is Cl.Nc1ncc2c(I)c[nH]c2n1. The third-order valence-electron chi connectivity index (χ3n) is 1.40. The first-order valence-electron chi connectivity index (χ1n) is 3.02. The van der Waals surface area contributed by atoms with E-state index in [9.17, 15) is 0 Å². The van der Waals surface area contributed by atoms with Gasteiger partial charge in [-0.2, -0.15) is 4.98 Å². The molecule has 0 fully saturated rings. The van der Waals surface area contributed by atoms with Crippen LogP contribution < -0.4 is 5.73 Å². The highest BCUT2D eigenvalue weighted by Gasteiger charge is 2.01. The minimum Gasteiger partial charge on any atom is -0.368 e. The molecular weight excluding hydrogens is 290 g/mol. The summed E-state index contributed by atoms with van der Waals surface area (Å²) in [5.41, 5.74) is 6.18. The molecule has 6 heteroatoms. The summed E-state index contributed by atoms with van der Waals surface area (Å²) in [6.07, 6.45) is 3.59. The topological polar surface area (TPSA) is 67.6 Å². The molecule has 0 unspecified atom stereocenters. The monoisotopic (exact) mass is 296 g/mol. The number of H-pyrrole nitrogens is 1. The zero-order valence-electron chi connectivity index (χ0n) is 5.91. The molecule has 0 aliphatic carbocycles. The molecule has 2 rings (SSSR count). The van der Waals surface area contributed by atoms with Crippen molar-refractivity contribution >= 4 is 52.0 Å². The van der Waals surface area contributed by atoms with Crippen molar-refractivity contribution in [3.05, 3.63) is 16.0 Å². The Labute approximate surface area is 88.5 Å². The number of nitrogens with zero attached hydrogens (tertiary/aromatic N) is 2. The standard InChI is InChI=1S/C6H5IN4.ClH/c7-4-2-9-5-3(4)1-10-6(8)11-5;/h1-2H,(H3,8,9,10,11);1H. The minimum atomic E-state index is 0. The van der Waals surface area contributed by atoms with Gasteiger partial charge in [-0.25, -0.2) is 4.98 Å². The van der Waals surface area contributed by atoms with Crippen LogP contribution in [0, 0.1) is 3.57 Å². The van der Waals surface area contributed by atoms with E-state index < -0.39 is 0 Å². The Kier molecular flexibility index (Phi) is 2.73. The van der Waals surface area contributed by atoms with Crippen LogP contribution in [0.4, 0.5) is 5.95 Å². The zero-order chi connectivity index (χ0) is 7.84. The van der Waals surface area contributed by atoms with Gasteiger partial charge in [0.1, 0.15) is 5.65 Å². The summed E-state index contributed by atoms with van der Waals surface area (Å²) in [6, 6.07) is 0. The molecule has 12 heavy (non-hydrogen) atoms. The van der Waals surface area contributed by atoms with E-state index in [1.54, 1.807) is 6.20 Å². The molecule has 0 saturated carbocycles. The summed E-state index contributed by atoms with van der Waals surface area (Å²) in [4.78, 5) is 10.9. The van der Waals surface area contributed by atoms with Crippen molar-refractivity contribution in [1.29, 1.82) is 0 Å². The average Bonchev–Trinajstić information content (AvgIpc) is 2.32. The summed E-state index contributed by atoms with van der Waals surface area (Å²) < 4.78 is 1.11. The van der Waals surface area contributed by atoms with E-state index in [1.165, 1.54) is 0 Å². The van der Waals surface area contributed by atoms with E-state index in [0.29, 0.717) is 5.95 Å². The second-order valence-electron chi connectivity index (χ2n) is 2.13.